The zero-order valence-electron chi connectivity index (χ0n) is 12.2. The van der Waals surface area contributed by atoms with Gasteiger partial charge in [-0.2, -0.15) is 0 Å². The van der Waals surface area contributed by atoms with Crippen molar-refractivity contribution in [3.8, 4) is 18.1 Å². The van der Waals surface area contributed by atoms with Gasteiger partial charge in [-0.1, -0.05) is 48.4 Å². The maximum atomic E-state index is 9.49. The highest BCUT2D eigenvalue weighted by atomic mass is 16.3. The van der Waals surface area contributed by atoms with E-state index in [4.69, 9.17) is 6.42 Å². The molecule has 0 aromatic heterocycles. The van der Waals surface area contributed by atoms with Crippen molar-refractivity contribution in [1.29, 1.82) is 0 Å². The van der Waals surface area contributed by atoms with Crippen LogP contribution < -0.4 is 0 Å². The van der Waals surface area contributed by atoms with Gasteiger partial charge in [0.2, 0.25) is 0 Å². The van der Waals surface area contributed by atoms with E-state index < -0.39 is 0 Å². The second-order valence-corrected chi connectivity index (χ2v) is 5.14. The second kappa shape index (κ2) is 8.14. The fraction of sp³-hybridized carbons (Fsp3) is 0.263. The highest BCUT2D eigenvalue weighted by molar-refractivity contribution is 5.27. The summed E-state index contributed by atoms with van der Waals surface area (Å²) in [5.41, 5.74) is 2.47. The summed E-state index contributed by atoms with van der Waals surface area (Å²) in [4.78, 5) is 2.27. The zero-order valence-corrected chi connectivity index (χ0v) is 12.2. The van der Waals surface area contributed by atoms with Gasteiger partial charge in [-0.15, -0.1) is 6.42 Å². The van der Waals surface area contributed by atoms with Gasteiger partial charge in [0, 0.05) is 13.1 Å². The van der Waals surface area contributed by atoms with Crippen molar-refractivity contribution in [3.05, 3.63) is 65.7 Å². The first-order valence-electron chi connectivity index (χ1n) is 7.25. The lowest BCUT2D eigenvalue weighted by molar-refractivity contribution is 0.314. The van der Waals surface area contributed by atoms with Gasteiger partial charge in [-0.25, -0.2) is 0 Å². The number of hydrogen-bond donors (Lipinski definition) is 1. The minimum atomic E-state index is 0.320. The maximum Gasteiger partial charge on any atom is 0.115 e. The summed E-state index contributed by atoms with van der Waals surface area (Å²) >= 11 is 0. The van der Waals surface area contributed by atoms with Crippen LogP contribution in [-0.4, -0.2) is 29.6 Å². The van der Waals surface area contributed by atoms with E-state index >= 15 is 0 Å². The maximum absolute atomic E-state index is 9.49. The van der Waals surface area contributed by atoms with Gasteiger partial charge in [-0.05, 0) is 36.1 Å². The van der Waals surface area contributed by atoms with Crippen LogP contribution in [0.4, 0.5) is 0 Å². The average Bonchev–Trinajstić information content (AvgIpc) is 2.51. The molecule has 0 unspecified atom stereocenters. The van der Waals surface area contributed by atoms with E-state index in [1.807, 2.05) is 24.3 Å². The largest absolute Gasteiger partial charge is 0.508 e. The average molecular weight is 279 g/mol. The molecule has 0 amide bonds. The van der Waals surface area contributed by atoms with Crippen LogP contribution in [0, 0.1) is 12.3 Å². The van der Waals surface area contributed by atoms with Crippen LogP contribution in [0.25, 0.3) is 0 Å². The van der Waals surface area contributed by atoms with Crippen LogP contribution >= 0.6 is 0 Å². The Morgan fingerprint density at radius 2 is 1.57 bits per heavy atom. The van der Waals surface area contributed by atoms with Crippen LogP contribution in [0.3, 0.4) is 0 Å². The van der Waals surface area contributed by atoms with E-state index in [2.05, 4.69) is 35.1 Å². The van der Waals surface area contributed by atoms with Crippen LogP contribution in [0.15, 0.2) is 54.6 Å². The monoisotopic (exact) mass is 279 g/mol. The lowest BCUT2D eigenvalue weighted by atomic mass is 10.1. The number of phenols is 1. The van der Waals surface area contributed by atoms with Crippen LogP contribution in [0.1, 0.15) is 11.1 Å². The summed E-state index contributed by atoms with van der Waals surface area (Å²) in [5.74, 6) is 3.05. The molecule has 2 aromatic carbocycles. The Hall–Kier alpha value is -2.24. The van der Waals surface area contributed by atoms with Gasteiger partial charge >= 0.3 is 0 Å². The normalized spacial score (nSPS) is 10.5. The summed E-state index contributed by atoms with van der Waals surface area (Å²) in [6.07, 6.45) is 7.36. The lowest BCUT2D eigenvalue weighted by Gasteiger charge is -2.19. The number of terminal acetylenes is 1. The molecule has 0 saturated heterocycles. The molecule has 21 heavy (non-hydrogen) atoms. The van der Waals surface area contributed by atoms with Gasteiger partial charge in [0.25, 0.3) is 0 Å². The molecule has 108 valence electrons. The Labute approximate surface area is 127 Å². The van der Waals surface area contributed by atoms with Crippen LogP contribution in [0.5, 0.6) is 5.75 Å². The molecular formula is C19H21NO. The number of phenolic OH excluding ortho intramolecular Hbond substituents is 1. The van der Waals surface area contributed by atoms with Crippen molar-refractivity contribution in [3.63, 3.8) is 0 Å². The first-order chi connectivity index (χ1) is 10.3. The smallest absolute Gasteiger partial charge is 0.115 e. The van der Waals surface area contributed by atoms with E-state index in [1.54, 1.807) is 6.07 Å². The quantitative estimate of drug-likeness (QED) is 0.787. The van der Waals surface area contributed by atoms with Gasteiger partial charge < -0.3 is 5.11 Å². The number of nitrogens with zero attached hydrogens (tertiary/aromatic N) is 1. The Balaban J connectivity index is 1.86. The predicted molar refractivity (Wildman–Crippen MR) is 87.2 cm³/mol. The van der Waals surface area contributed by atoms with Crippen molar-refractivity contribution in [2.75, 3.05) is 19.6 Å². The van der Waals surface area contributed by atoms with Crippen molar-refractivity contribution in [2.24, 2.45) is 0 Å². The summed E-state index contributed by atoms with van der Waals surface area (Å²) in [6, 6.07) is 17.9. The molecule has 0 radical (unpaired) electrons. The van der Waals surface area contributed by atoms with Crippen molar-refractivity contribution in [2.45, 2.75) is 12.8 Å². The third-order valence-corrected chi connectivity index (χ3v) is 3.50. The van der Waals surface area contributed by atoms with Gasteiger partial charge in [-0.3, -0.25) is 4.90 Å². The first-order valence-corrected chi connectivity index (χ1v) is 7.25. The van der Waals surface area contributed by atoms with E-state index in [-0.39, 0.29) is 0 Å². The molecule has 1 N–H and O–H groups in total. The van der Waals surface area contributed by atoms with E-state index in [0.717, 1.165) is 31.5 Å². The van der Waals surface area contributed by atoms with Gasteiger partial charge in [0.1, 0.15) is 5.75 Å². The molecule has 2 heteroatoms. The fourth-order valence-electron chi connectivity index (χ4n) is 2.33. The van der Waals surface area contributed by atoms with Gasteiger partial charge in [0.05, 0.1) is 6.54 Å². The number of rotatable bonds is 7. The SMILES string of the molecule is C#CCN(CCc1ccccc1)CCc1cccc(O)c1. The summed E-state index contributed by atoms with van der Waals surface area (Å²) < 4.78 is 0. The molecule has 0 fully saturated rings. The van der Waals surface area contributed by atoms with Crippen LogP contribution in [0.2, 0.25) is 0 Å². The number of benzene rings is 2. The lowest BCUT2D eigenvalue weighted by Crippen LogP contribution is -2.28. The molecule has 2 aromatic rings. The minimum absolute atomic E-state index is 0.320. The van der Waals surface area contributed by atoms with Crippen LogP contribution in [-0.2, 0) is 12.8 Å². The topological polar surface area (TPSA) is 23.5 Å². The Morgan fingerprint density at radius 3 is 2.24 bits per heavy atom. The van der Waals surface area contributed by atoms with Crippen molar-refractivity contribution in [1.82, 2.24) is 4.90 Å². The Bertz CT molecular complexity index is 586. The standard InChI is InChI=1S/C19H21NO/c1-2-13-20(14-11-17-7-4-3-5-8-17)15-12-18-9-6-10-19(21)16-18/h1,3-10,16,21H,11-15H2. The number of hydrogen-bond acceptors (Lipinski definition) is 2. The minimum Gasteiger partial charge on any atom is -0.508 e. The van der Waals surface area contributed by atoms with Crippen molar-refractivity contribution < 1.29 is 5.11 Å². The number of aromatic hydroxyl groups is 1. The molecule has 0 aliphatic carbocycles. The molecule has 0 atom stereocenters. The highest BCUT2D eigenvalue weighted by Crippen LogP contribution is 2.12. The molecular weight excluding hydrogens is 258 g/mol. The van der Waals surface area contributed by atoms with E-state index in [9.17, 15) is 5.11 Å². The van der Waals surface area contributed by atoms with E-state index in [1.165, 1.54) is 5.56 Å². The summed E-state index contributed by atoms with van der Waals surface area (Å²) in [6.45, 7) is 2.51. The molecule has 0 bridgehead atoms. The molecule has 0 aliphatic rings. The molecule has 0 spiro atoms. The summed E-state index contributed by atoms with van der Waals surface area (Å²) in [7, 11) is 0. The van der Waals surface area contributed by atoms with Crippen molar-refractivity contribution >= 4 is 0 Å². The molecule has 2 rings (SSSR count). The Kier molecular flexibility index (Phi) is 5.87. The summed E-state index contributed by atoms with van der Waals surface area (Å²) in [5, 5.41) is 9.49. The Morgan fingerprint density at radius 1 is 0.905 bits per heavy atom. The highest BCUT2D eigenvalue weighted by Gasteiger charge is 2.05. The fourth-order valence-corrected chi connectivity index (χ4v) is 2.33. The zero-order chi connectivity index (χ0) is 14.9. The predicted octanol–water partition coefficient (Wildman–Crippen LogP) is 3.11. The third kappa shape index (κ3) is 5.33. The second-order valence-electron chi connectivity index (χ2n) is 5.14. The first kappa shape index (κ1) is 15.2. The molecule has 0 aliphatic heterocycles. The van der Waals surface area contributed by atoms with E-state index in [0.29, 0.717) is 12.3 Å². The molecule has 0 heterocycles. The molecule has 0 saturated carbocycles. The third-order valence-electron chi connectivity index (χ3n) is 3.50. The molecule has 2 nitrogen and oxygen atoms in total. The van der Waals surface area contributed by atoms with Gasteiger partial charge in [0.15, 0.2) is 0 Å².